The van der Waals surface area contributed by atoms with Crippen molar-refractivity contribution in [3.8, 4) is 10.8 Å². The lowest BCUT2D eigenvalue weighted by molar-refractivity contribution is -0.120. The Kier molecular flexibility index (Phi) is 7.73. The summed E-state index contributed by atoms with van der Waals surface area (Å²) in [5.41, 5.74) is 3.50. The van der Waals surface area contributed by atoms with Crippen LogP contribution in [0.3, 0.4) is 0 Å². The van der Waals surface area contributed by atoms with Gasteiger partial charge in [0.2, 0.25) is 5.91 Å². The van der Waals surface area contributed by atoms with Gasteiger partial charge >= 0.3 is 5.69 Å². The molecule has 0 aliphatic carbocycles. The second kappa shape index (κ2) is 10.7. The number of aromatic nitrogens is 5. The normalized spacial score (nSPS) is 13.5. The van der Waals surface area contributed by atoms with Gasteiger partial charge < -0.3 is 20.3 Å². The van der Waals surface area contributed by atoms with Crippen molar-refractivity contribution < 1.29 is 23.8 Å². The van der Waals surface area contributed by atoms with Gasteiger partial charge in [-0.05, 0) is 45.9 Å². The molecule has 0 spiro atoms. The number of halogens is 1. The number of benzene rings is 1. The summed E-state index contributed by atoms with van der Waals surface area (Å²) in [5, 5.41) is 19.3. The lowest BCUT2D eigenvalue weighted by atomic mass is 10.1. The van der Waals surface area contributed by atoms with E-state index in [9.17, 15) is 23.9 Å². The summed E-state index contributed by atoms with van der Waals surface area (Å²) in [7, 11) is 1.41. The number of nitrogens with zero attached hydrogens (tertiary/aromatic N) is 5. The first-order chi connectivity index (χ1) is 18.3. The molecular weight excluding hydrogens is 531 g/mol. The molecule has 0 radical (unpaired) electrons. The smallest absolute Gasteiger partial charge is 0.332 e. The molecule has 1 amide bonds. The van der Waals surface area contributed by atoms with E-state index in [0.717, 1.165) is 15.9 Å². The lowest BCUT2D eigenvalue weighted by Crippen LogP contribution is -2.45. The predicted molar refractivity (Wildman–Crippen MR) is 142 cm³/mol. The lowest BCUT2D eigenvalue weighted by Gasteiger charge is -2.26. The van der Waals surface area contributed by atoms with Crippen LogP contribution in [-0.2, 0) is 16.1 Å². The van der Waals surface area contributed by atoms with E-state index in [1.165, 1.54) is 67.8 Å². The Balaban J connectivity index is 2.01. The number of primary amides is 1. The number of amides is 1. The number of carbonyl (C=O) groups excluding carboxylic acids is 1. The zero-order chi connectivity index (χ0) is 28.6. The van der Waals surface area contributed by atoms with Crippen molar-refractivity contribution >= 4 is 27.5 Å². The van der Waals surface area contributed by atoms with Gasteiger partial charge in [-0.15, -0.1) is 4.80 Å². The molecular formula is C25H29FN6O6S. The van der Waals surface area contributed by atoms with Crippen LogP contribution in [0.5, 0.6) is 5.75 Å². The van der Waals surface area contributed by atoms with Crippen molar-refractivity contribution in [1.82, 2.24) is 24.1 Å². The molecule has 0 saturated carbocycles. The Morgan fingerprint density at radius 1 is 1.26 bits per heavy atom. The Labute approximate surface area is 226 Å². The van der Waals surface area contributed by atoms with Crippen molar-refractivity contribution in [1.29, 1.82) is 0 Å². The highest BCUT2D eigenvalue weighted by Gasteiger charge is 2.29. The fraction of sp³-hybridized carbons (Fsp3) is 0.400. The van der Waals surface area contributed by atoms with E-state index < -0.39 is 40.7 Å². The van der Waals surface area contributed by atoms with Gasteiger partial charge in [0.25, 0.3) is 5.56 Å². The predicted octanol–water partition coefficient (Wildman–Crippen LogP) is 1.84. The number of hydrogen-bond acceptors (Lipinski definition) is 9. The molecule has 0 aliphatic rings. The number of methoxy groups -OCH3 is 1. The highest BCUT2D eigenvalue weighted by atomic mass is 32.1. The van der Waals surface area contributed by atoms with E-state index in [-0.39, 0.29) is 28.9 Å². The number of nitrogens with two attached hydrogens (primary N) is 1. The van der Waals surface area contributed by atoms with Crippen LogP contribution in [0, 0.1) is 12.7 Å². The number of aryl methyl sites for hydroxylation is 1. The molecule has 0 aliphatic heterocycles. The second-order valence-corrected chi connectivity index (χ2v) is 10.7. The van der Waals surface area contributed by atoms with Crippen molar-refractivity contribution in [2.24, 2.45) is 5.73 Å². The number of ether oxygens (including phenoxy) is 2. The average Bonchev–Trinajstić information content (AvgIpc) is 3.51. The minimum absolute atomic E-state index is 0.168. The van der Waals surface area contributed by atoms with E-state index in [4.69, 9.17) is 15.2 Å². The molecule has 12 nitrogen and oxygen atoms in total. The molecule has 0 saturated heterocycles. The summed E-state index contributed by atoms with van der Waals surface area (Å²) in [4.78, 5) is 41.1. The van der Waals surface area contributed by atoms with E-state index >= 15 is 0 Å². The first-order valence-electron chi connectivity index (χ1n) is 12.0. The molecule has 1 aromatic carbocycles. The first-order valence-corrected chi connectivity index (χ1v) is 12.8. The molecule has 0 fully saturated rings. The summed E-state index contributed by atoms with van der Waals surface area (Å²) in [6.07, 6.45) is 1.94. The van der Waals surface area contributed by atoms with Crippen LogP contribution >= 0.6 is 11.3 Å². The zero-order valence-electron chi connectivity index (χ0n) is 22.0. The van der Waals surface area contributed by atoms with Crippen LogP contribution in [-0.4, -0.2) is 54.5 Å². The van der Waals surface area contributed by atoms with Gasteiger partial charge in [0.1, 0.15) is 33.5 Å². The van der Waals surface area contributed by atoms with Gasteiger partial charge in [0.15, 0.2) is 0 Å². The monoisotopic (exact) mass is 560 g/mol. The molecule has 4 aromatic rings. The minimum atomic E-state index is -1.26. The Hall–Kier alpha value is -3.88. The van der Waals surface area contributed by atoms with Crippen molar-refractivity contribution in [2.45, 2.75) is 52.0 Å². The molecule has 3 heterocycles. The maximum Gasteiger partial charge on any atom is 0.332 e. The van der Waals surface area contributed by atoms with Crippen LogP contribution in [0.4, 0.5) is 4.39 Å². The summed E-state index contributed by atoms with van der Waals surface area (Å²) in [6.45, 7) is 5.74. The van der Waals surface area contributed by atoms with Crippen LogP contribution < -0.4 is 21.7 Å². The van der Waals surface area contributed by atoms with Gasteiger partial charge in [-0.1, -0.05) is 11.3 Å². The van der Waals surface area contributed by atoms with Crippen molar-refractivity contribution in [2.75, 3.05) is 13.7 Å². The van der Waals surface area contributed by atoms with Gasteiger partial charge in [-0.3, -0.25) is 14.2 Å². The van der Waals surface area contributed by atoms with E-state index in [0.29, 0.717) is 16.3 Å². The maximum absolute atomic E-state index is 14.4. The molecule has 2 atom stereocenters. The fourth-order valence-electron chi connectivity index (χ4n) is 4.16. The number of aliphatic hydroxyl groups is 1. The Morgan fingerprint density at radius 3 is 2.51 bits per heavy atom. The van der Waals surface area contributed by atoms with Crippen molar-refractivity contribution in [3.05, 3.63) is 68.4 Å². The third-order valence-electron chi connectivity index (χ3n) is 6.14. The summed E-state index contributed by atoms with van der Waals surface area (Å²) < 4.78 is 27.9. The number of hydrogen-bond donors (Lipinski definition) is 2. The number of rotatable bonds is 10. The highest BCUT2D eigenvalue weighted by Crippen LogP contribution is 2.34. The van der Waals surface area contributed by atoms with Gasteiger partial charge in [-0.25, -0.2) is 13.8 Å². The molecule has 3 aromatic heterocycles. The average molecular weight is 561 g/mol. The highest BCUT2D eigenvalue weighted by molar-refractivity contribution is 7.21. The molecule has 3 N–H and O–H groups in total. The van der Waals surface area contributed by atoms with E-state index in [1.807, 2.05) is 0 Å². The standard InChI is InChI=1S/C25H29FN6O6S/c1-13-19-21(34)31(14(2)20(27)33)24(35)30(23(19)39-22(13)32-28-8-9-29-32)11-18(38-12-25(3,4)36)16-10-15(26)6-7-17(16)37-5/h6-10,14,18,36H,11-12H2,1-5H3,(H2,27,33)/t14-,18+/m1/s1. The van der Waals surface area contributed by atoms with Gasteiger partial charge in [-0.2, -0.15) is 10.2 Å². The third kappa shape index (κ3) is 5.48. The molecule has 0 unspecified atom stereocenters. The fourth-order valence-corrected chi connectivity index (χ4v) is 5.38. The molecule has 14 heteroatoms. The topological polar surface area (TPSA) is 156 Å². The summed E-state index contributed by atoms with van der Waals surface area (Å²) in [5.74, 6) is -1.14. The second-order valence-electron chi connectivity index (χ2n) is 9.68. The van der Waals surface area contributed by atoms with Crippen LogP contribution in [0.15, 0.2) is 40.2 Å². The molecule has 0 bridgehead atoms. The molecule has 39 heavy (non-hydrogen) atoms. The summed E-state index contributed by atoms with van der Waals surface area (Å²) >= 11 is 1.10. The molecule has 208 valence electrons. The molecule has 4 rings (SSSR count). The SMILES string of the molecule is COc1ccc(F)cc1[C@H](Cn1c(=O)n([C@H](C)C(N)=O)c(=O)c2c(C)c(-n3nccn3)sc21)OCC(C)(C)O. The van der Waals surface area contributed by atoms with Gasteiger partial charge in [0, 0.05) is 11.1 Å². The van der Waals surface area contributed by atoms with E-state index in [1.54, 1.807) is 6.92 Å². The minimum Gasteiger partial charge on any atom is -0.496 e. The van der Waals surface area contributed by atoms with Crippen LogP contribution in [0.25, 0.3) is 15.2 Å². The Bertz CT molecular complexity index is 1640. The quantitative estimate of drug-likeness (QED) is 0.298. The third-order valence-corrected chi connectivity index (χ3v) is 7.42. The number of fused-ring (bicyclic) bond motifs is 1. The largest absolute Gasteiger partial charge is 0.496 e. The van der Waals surface area contributed by atoms with Crippen LogP contribution in [0.1, 0.15) is 44.0 Å². The van der Waals surface area contributed by atoms with Gasteiger partial charge in [0.05, 0.1) is 43.6 Å². The Morgan fingerprint density at radius 2 is 1.92 bits per heavy atom. The van der Waals surface area contributed by atoms with Crippen LogP contribution in [0.2, 0.25) is 0 Å². The van der Waals surface area contributed by atoms with E-state index in [2.05, 4.69) is 10.2 Å². The first kappa shape index (κ1) is 28.1. The summed E-state index contributed by atoms with van der Waals surface area (Å²) in [6, 6.07) is 2.61. The maximum atomic E-state index is 14.4. The zero-order valence-corrected chi connectivity index (χ0v) is 22.9. The number of carbonyl (C=O) groups is 1. The van der Waals surface area contributed by atoms with Crippen molar-refractivity contribution in [3.63, 3.8) is 0 Å². The number of thiophene rings is 1.